The molecule has 0 saturated carbocycles. The van der Waals surface area contributed by atoms with Gasteiger partial charge in [-0.05, 0) is 48.9 Å². The van der Waals surface area contributed by atoms with Crippen LogP contribution in [0.3, 0.4) is 0 Å². The van der Waals surface area contributed by atoms with Crippen LogP contribution < -0.4 is 9.64 Å². The van der Waals surface area contributed by atoms with E-state index in [9.17, 15) is 18.3 Å². The molecule has 0 bridgehead atoms. The van der Waals surface area contributed by atoms with Gasteiger partial charge in [0.15, 0.2) is 5.76 Å². The highest BCUT2D eigenvalue weighted by Gasteiger charge is 2.47. The van der Waals surface area contributed by atoms with Crippen LogP contribution in [-0.4, -0.2) is 26.5 Å². The minimum absolute atomic E-state index is 0.00278. The van der Waals surface area contributed by atoms with Gasteiger partial charge in [-0.3, -0.25) is 9.69 Å². The molecule has 1 atom stereocenters. The molecule has 31 heavy (non-hydrogen) atoms. The quantitative estimate of drug-likeness (QED) is 0.645. The standard InChI is InChI=1S/C24H21NO5S/c1-16-11-13-18(14-12-16)25-21(17-7-6-8-19(15-17)30-2)23(22(26)24(25)27)31(28,29)20-9-4-3-5-10-20/h3-15,21,26H,1-2H3. The summed E-state index contributed by atoms with van der Waals surface area (Å²) in [6.45, 7) is 1.91. The molecule has 1 heterocycles. The van der Waals surface area contributed by atoms with E-state index in [0.717, 1.165) is 5.56 Å². The summed E-state index contributed by atoms with van der Waals surface area (Å²) >= 11 is 0. The second-order valence-corrected chi connectivity index (χ2v) is 9.14. The van der Waals surface area contributed by atoms with Crippen molar-refractivity contribution in [2.75, 3.05) is 12.0 Å². The van der Waals surface area contributed by atoms with E-state index >= 15 is 0 Å². The molecular weight excluding hydrogens is 414 g/mol. The number of benzene rings is 3. The van der Waals surface area contributed by atoms with Gasteiger partial charge in [-0.1, -0.05) is 48.0 Å². The maximum atomic E-state index is 13.5. The van der Waals surface area contributed by atoms with Crippen molar-refractivity contribution in [3.63, 3.8) is 0 Å². The van der Waals surface area contributed by atoms with Crippen LogP contribution in [0.2, 0.25) is 0 Å². The van der Waals surface area contributed by atoms with Crippen LogP contribution in [0, 0.1) is 6.92 Å². The van der Waals surface area contributed by atoms with E-state index in [0.29, 0.717) is 17.0 Å². The topological polar surface area (TPSA) is 83.9 Å². The third-order valence-electron chi connectivity index (χ3n) is 5.23. The van der Waals surface area contributed by atoms with Crippen molar-refractivity contribution in [3.05, 3.63) is 101 Å². The Hall–Kier alpha value is -3.58. The van der Waals surface area contributed by atoms with E-state index in [1.165, 1.54) is 24.1 Å². The molecule has 3 aromatic rings. The molecule has 158 valence electrons. The second-order valence-electron chi connectivity index (χ2n) is 7.22. The first kappa shape index (κ1) is 20.7. The largest absolute Gasteiger partial charge is 0.502 e. The normalized spacial score (nSPS) is 16.6. The van der Waals surface area contributed by atoms with Crippen molar-refractivity contribution >= 4 is 21.4 Å². The SMILES string of the molecule is COc1cccc(C2C(S(=O)(=O)c3ccccc3)=C(O)C(=O)N2c2ccc(C)cc2)c1. The molecule has 1 unspecified atom stereocenters. The number of hydrogen-bond donors (Lipinski definition) is 1. The summed E-state index contributed by atoms with van der Waals surface area (Å²) in [7, 11) is -2.65. The average Bonchev–Trinajstić information content (AvgIpc) is 3.06. The Labute approximate surface area is 180 Å². The number of ether oxygens (including phenoxy) is 1. The van der Waals surface area contributed by atoms with Crippen LogP contribution in [-0.2, 0) is 14.6 Å². The molecule has 6 nitrogen and oxygen atoms in total. The minimum atomic E-state index is -4.16. The highest BCUT2D eigenvalue weighted by atomic mass is 32.2. The Morgan fingerprint density at radius 1 is 0.935 bits per heavy atom. The van der Waals surface area contributed by atoms with E-state index in [4.69, 9.17) is 4.74 Å². The van der Waals surface area contributed by atoms with Gasteiger partial charge < -0.3 is 9.84 Å². The van der Waals surface area contributed by atoms with Gasteiger partial charge in [-0.25, -0.2) is 8.42 Å². The number of amides is 1. The first-order valence-electron chi connectivity index (χ1n) is 9.62. The zero-order chi connectivity index (χ0) is 22.2. The van der Waals surface area contributed by atoms with Crippen molar-refractivity contribution in [1.29, 1.82) is 0 Å². The number of aliphatic hydroxyl groups is 1. The number of nitrogens with zero attached hydrogens (tertiary/aromatic N) is 1. The van der Waals surface area contributed by atoms with Crippen molar-refractivity contribution in [3.8, 4) is 5.75 Å². The van der Waals surface area contributed by atoms with Crippen LogP contribution in [0.25, 0.3) is 0 Å². The number of aryl methyl sites for hydroxylation is 1. The van der Waals surface area contributed by atoms with Crippen molar-refractivity contribution in [2.45, 2.75) is 17.9 Å². The number of carbonyl (C=O) groups is 1. The fraction of sp³-hybridized carbons (Fsp3) is 0.125. The number of rotatable bonds is 5. The van der Waals surface area contributed by atoms with Crippen LogP contribution in [0.4, 0.5) is 5.69 Å². The zero-order valence-electron chi connectivity index (χ0n) is 17.0. The van der Waals surface area contributed by atoms with E-state index < -0.39 is 27.5 Å². The smallest absolute Gasteiger partial charge is 0.295 e. The van der Waals surface area contributed by atoms with Crippen molar-refractivity contribution < 1.29 is 23.1 Å². The Kier molecular flexibility index (Phi) is 5.29. The van der Waals surface area contributed by atoms with Gasteiger partial charge in [0.25, 0.3) is 5.91 Å². The summed E-state index contributed by atoms with van der Waals surface area (Å²) < 4.78 is 32.4. The number of carbonyl (C=O) groups excluding carboxylic acids is 1. The molecule has 1 amide bonds. The van der Waals surface area contributed by atoms with Gasteiger partial charge in [0.2, 0.25) is 9.84 Å². The Bertz CT molecular complexity index is 1260. The lowest BCUT2D eigenvalue weighted by Crippen LogP contribution is -2.31. The molecule has 1 N–H and O–H groups in total. The molecule has 0 spiro atoms. The number of anilines is 1. The number of sulfone groups is 1. The lowest BCUT2D eigenvalue weighted by molar-refractivity contribution is -0.117. The molecule has 4 rings (SSSR count). The molecule has 0 aromatic heterocycles. The van der Waals surface area contributed by atoms with Gasteiger partial charge in [0.05, 0.1) is 12.0 Å². The predicted octanol–water partition coefficient (Wildman–Crippen LogP) is 4.34. The molecule has 0 radical (unpaired) electrons. The summed E-state index contributed by atoms with van der Waals surface area (Å²) in [4.78, 5) is 14.1. The number of hydrogen-bond acceptors (Lipinski definition) is 5. The average molecular weight is 436 g/mol. The Morgan fingerprint density at radius 3 is 2.26 bits per heavy atom. The summed E-state index contributed by atoms with van der Waals surface area (Å²) in [5.41, 5.74) is 1.97. The van der Waals surface area contributed by atoms with Gasteiger partial charge in [-0.2, -0.15) is 0 Å². The third kappa shape index (κ3) is 3.57. The number of methoxy groups -OCH3 is 1. The molecule has 3 aromatic carbocycles. The van der Waals surface area contributed by atoms with Gasteiger partial charge in [0, 0.05) is 5.69 Å². The zero-order valence-corrected chi connectivity index (χ0v) is 17.8. The van der Waals surface area contributed by atoms with Crippen molar-refractivity contribution in [1.82, 2.24) is 0 Å². The molecule has 0 saturated heterocycles. The molecule has 0 aliphatic carbocycles. The van der Waals surface area contributed by atoms with Crippen LogP contribution in [0.15, 0.2) is 94.4 Å². The van der Waals surface area contributed by atoms with Gasteiger partial charge in [-0.15, -0.1) is 0 Å². The first-order valence-corrected chi connectivity index (χ1v) is 11.1. The maximum Gasteiger partial charge on any atom is 0.295 e. The maximum absolute atomic E-state index is 13.5. The van der Waals surface area contributed by atoms with E-state index in [2.05, 4.69) is 0 Å². The summed E-state index contributed by atoms with van der Waals surface area (Å²) in [6, 6.07) is 20.7. The molecule has 0 fully saturated rings. The predicted molar refractivity (Wildman–Crippen MR) is 118 cm³/mol. The van der Waals surface area contributed by atoms with Gasteiger partial charge in [0.1, 0.15) is 16.7 Å². The molecular formula is C24H21NO5S. The van der Waals surface area contributed by atoms with Crippen LogP contribution in [0.1, 0.15) is 17.2 Å². The summed E-state index contributed by atoms with van der Waals surface area (Å²) in [6.07, 6.45) is 0. The van der Waals surface area contributed by atoms with E-state index in [1.807, 2.05) is 19.1 Å². The summed E-state index contributed by atoms with van der Waals surface area (Å²) in [5.74, 6) is -1.04. The molecule has 1 aliphatic heterocycles. The van der Waals surface area contributed by atoms with Crippen LogP contribution in [0.5, 0.6) is 5.75 Å². The van der Waals surface area contributed by atoms with Crippen LogP contribution >= 0.6 is 0 Å². The minimum Gasteiger partial charge on any atom is -0.502 e. The lowest BCUT2D eigenvalue weighted by atomic mass is 10.1. The Morgan fingerprint density at radius 2 is 1.61 bits per heavy atom. The molecule has 1 aliphatic rings. The monoisotopic (exact) mass is 435 g/mol. The van der Waals surface area contributed by atoms with E-state index in [-0.39, 0.29) is 9.80 Å². The first-order chi connectivity index (χ1) is 14.8. The second kappa shape index (κ2) is 7.92. The van der Waals surface area contributed by atoms with Crippen molar-refractivity contribution in [2.24, 2.45) is 0 Å². The number of aliphatic hydroxyl groups excluding tert-OH is 1. The fourth-order valence-electron chi connectivity index (χ4n) is 3.67. The highest BCUT2D eigenvalue weighted by Crippen LogP contribution is 2.45. The third-order valence-corrected chi connectivity index (χ3v) is 7.11. The van der Waals surface area contributed by atoms with Gasteiger partial charge >= 0.3 is 0 Å². The Balaban J connectivity index is 1.95. The van der Waals surface area contributed by atoms with E-state index in [1.54, 1.807) is 54.6 Å². The fourth-order valence-corrected chi connectivity index (χ4v) is 5.31. The highest BCUT2D eigenvalue weighted by molar-refractivity contribution is 7.95. The summed E-state index contributed by atoms with van der Waals surface area (Å²) in [5, 5.41) is 10.8. The molecule has 7 heteroatoms. The lowest BCUT2D eigenvalue weighted by Gasteiger charge is -2.27.